The van der Waals surface area contributed by atoms with Crippen LogP contribution in [-0.4, -0.2) is 23.9 Å². The standard InChI is InChI=1S/C9H14N2O/c1-3-4-5-9(8(2)12)10-6-7-11-9/h6-7H,3-5H2,1-2H3. The molecule has 1 heterocycles. The van der Waals surface area contributed by atoms with Gasteiger partial charge in [-0.15, -0.1) is 0 Å². The zero-order chi connectivity index (χ0) is 9.03. The summed E-state index contributed by atoms with van der Waals surface area (Å²) in [5.41, 5.74) is -0.754. The molecule has 0 saturated carbocycles. The largest absolute Gasteiger partial charge is 0.295 e. The van der Waals surface area contributed by atoms with E-state index in [0.717, 1.165) is 19.3 Å². The second-order valence-electron chi connectivity index (χ2n) is 3.03. The van der Waals surface area contributed by atoms with Crippen molar-refractivity contribution in [2.75, 3.05) is 0 Å². The molecule has 0 radical (unpaired) electrons. The Morgan fingerprint density at radius 1 is 1.42 bits per heavy atom. The highest BCUT2D eigenvalue weighted by molar-refractivity contribution is 6.19. The second kappa shape index (κ2) is 3.61. The summed E-state index contributed by atoms with van der Waals surface area (Å²) in [5, 5.41) is 0. The molecule has 1 aliphatic heterocycles. The van der Waals surface area contributed by atoms with Gasteiger partial charge in [0, 0.05) is 18.9 Å². The number of rotatable bonds is 4. The first-order valence-electron chi connectivity index (χ1n) is 4.31. The minimum absolute atomic E-state index is 0.0425. The first-order valence-corrected chi connectivity index (χ1v) is 4.31. The summed E-state index contributed by atoms with van der Waals surface area (Å²) in [7, 11) is 0. The van der Waals surface area contributed by atoms with Crippen molar-refractivity contribution in [2.24, 2.45) is 9.98 Å². The number of aliphatic imine (C=N–C) groups is 2. The Balaban J connectivity index is 2.67. The molecule has 0 unspecified atom stereocenters. The fraction of sp³-hybridized carbons (Fsp3) is 0.667. The van der Waals surface area contributed by atoms with Gasteiger partial charge in [0.15, 0.2) is 5.78 Å². The van der Waals surface area contributed by atoms with Crippen LogP contribution in [0.25, 0.3) is 0 Å². The highest BCUT2D eigenvalue weighted by atomic mass is 16.1. The molecule has 0 aromatic heterocycles. The molecule has 12 heavy (non-hydrogen) atoms. The molecule has 3 heteroatoms. The third-order valence-corrected chi connectivity index (χ3v) is 2.09. The summed E-state index contributed by atoms with van der Waals surface area (Å²) in [4.78, 5) is 19.5. The fourth-order valence-corrected chi connectivity index (χ4v) is 1.26. The zero-order valence-corrected chi connectivity index (χ0v) is 7.58. The summed E-state index contributed by atoms with van der Waals surface area (Å²) in [5.74, 6) is 0.0425. The van der Waals surface area contributed by atoms with Crippen LogP contribution in [-0.2, 0) is 4.79 Å². The molecule has 0 amide bonds. The first kappa shape index (κ1) is 9.10. The summed E-state index contributed by atoms with van der Waals surface area (Å²) in [6, 6.07) is 0. The third kappa shape index (κ3) is 1.60. The van der Waals surface area contributed by atoms with E-state index in [9.17, 15) is 4.79 Å². The molecule has 0 saturated heterocycles. The van der Waals surface area contributed by atoms with Crippen molar-refractivity contribution in [3.05, 3.63) is 0 Å². The van der Waals surface area contributed by atoms with Crippen molar-refractivity contribution in [3.63, 3.8) is 0 Å². The lowest BCUT2D eigenvalue weighted by Gasteiger charge is -2.18. The van der Waals surface area contributed by atoms with Crippen LogP contribution in [0.1, 0.15) is 33.1 Å². The molecule has 0 aromatic carbocycles. The van der Waals surface area contributed by atoms with E-state index >= 15 is 0 Å². The number of nitrogens with zero attached hydrogens (tertiary/aromatic N) is 2. The molecule has 0 fully saturated rings. The van der Waals surface area contributed by atoms with E-state index in [1.165, 1.54) is 0 Å². The van der Waals surface area contributed by atoms with E-state index in [4.69, 9.17) is 0 Å². The van der Waals surface area contributed by atoms with Gasteiger partial charge < -0.3 is 0 Å². The first-order chi connectivity index (χ1) is 5.71. The van der Waals surface area contributed by atoms with Gasteiger partial charge in [0.05, 0.1) is 0 Å². The number of Topliss-reactive ketones (excluding diaryl/α,β-unsaturated/α-hetero) is 1. The molecule has 66 valence electrons. The van der Waals surface area contributed by atoms with E-state index in [1.807, 2.05) is 0 Å². The van der Waals surface area contributed by atoms with Gasteiger partial charge in [-0.2, -0.15) is 0 Å². The average molecular weight is 166 g/mol. The Morgan fingerprint density at radius 3 is 2.42 bits per heavy atom. The molecule has 1 aliphatic rings. The summed E-state index contributed by atoms with van der Waals surface area (Å²) in [6.07, 6.45) is 6.02. The number of ketones is 1. The maximum Gasteiger partial charge on any atom is 0.207 e. The Morgan fingerprint density at radius 2 is 2.00 bits per heavy atom. The average Bonchev–Trinajstić information content (AvgIpc) is 2.50. The quantitative estimate of drug-likeness (QED) is 0.625. The molecular formula is C9H14N2O. The number of unbranched alkanes of at least 4 members (excludes halogenated alkanes) is 1. The van der Waals surface area contributed by atoms with Crippen LogP contribution in [0.3, 0.4) is 0 Å². The second-order valence-corrected chi connectivity index (χ2v) is 3.03. The van der Waals surface area contributed by atoms with E-state index < -0.39 is 5.66 Å². The highest BCUT2D eigenvalue weighted by Crippen LogP contribution is 2.23. The number of carbonyl (C=O) groups excluding carboxylic acids is 1. The van der Waals surface area contributed by atoms with Crippen LogP contribution < -0.4 is 0 Å². The van der Waals surface area contributed by atoms with E-state index in [-0.39, 0.29) is 5.78 Å². The summed E-state index contributed by atoms with van der Waals surface area (Å²) in [6.45, 7) is 3.64. The lowest BCUT2D eigenvalue weighted by molar-refractivity contribution is -0.121. The molecule has 0 N–H and O–H groups in total. The molecule has 1 rings (SSSR count). The van der Waals surface area contributed by atoms with Gasteiger partial charge in [-0.25, -0.2) is 0 Å². The molecule has 3 nitrogen and oxygen atoms in total. The van der Waals surface area contributed by atoms with Crippen molar-refractivity contribution in [2.45, 2.75) is 38.8 Å². The van der Waals surface area contributed by atoms with Crippen LogP contribution >= 0.6 is 0 Å². The normalized spacial score (nSPS) is 18.5. The molecule has 0 aliphatic carbocycles. The Kier molecular flexibility index (Phi) is 2.74. The monoisotopic (exact) mass is 166 g/mol. The van der Waals surface area contributed by atoms with Crippen LogP contribution in [0.2, 0.25) is 0 Å². The van der Waals surface area contributed by atoms with Gasteiger partial charge >= 0.3 is 0 Å². The maximum atomic E-state index is 11.2. The van der Waals surface area contributed by atoms with Crippen LogP contribution in [0.4, 0.5) is 0 Å². The van der Waals surface area contributed by atoms with Gasteiger partial charge in [0.2, 0.25) is 5.66 Å². The molecule has 0 bridgehead atoms. The fourth-order valence-electron chi connectivity index (χ4n) is 1.26. The number of hydrogen-bond donors (Lipinski definition) is 0. The topological polar surface area (TPSA) is 41.8 Å². The predicted octanol–water partition coefficient (Wildman–Crippen LogP) is 1.62. The molecular weight excluding hydrogens is 152 g/mol. The van der Waals surface area contributed by atoms with Crippen molar-refractivity contribution in [3.8, 4) is 0 Å². The van der Waals surface area contributed by atoms with Crippen LogP contribution in [0.15, 0.2) is 9.98 Å². The van der Waals surface area contributed by atoms with Gasteiger partial charge in [0.25, 0.3) is 0 Å². The number of hydrogen-bond acceptors (Lipinski definition) is 3. The Bertz CT molecular complexity index is 219. The Hall–Kier alpha value is -0.990. The van der Waals surface area contributed by atoms with E-state index in [0.29, 0.717) is 0 Å². The van der Waals surface area contributed by atoms with E-state index in [2.05, 4.69) is 16.9 Å². The smallest absolute Gasteiger partial charge is 0.207 e. The predicted molar refractivity (Wildman–Crippen MR) is 49.9 cm³/mol. The number of carbonyl (C=O) groups is 1. The van der Waals surface area contributed by atoms with Gasteiger partial charge in [-0.05, 0) is 13.3 Å². The minimum atomic E-state index is -0.754. The lowest BCUT2D eigenvalue weighted by atomic mass is 10.0. The van der Waals surface area contributed by atoms with Gasteiger partial charge in [-0.3, -0.25) is 14.8 Å². The summed E-state index contributed by atoms with van der Waals surface area (Å²) >= 11 is 0. The molecule has 0 atom stereocenters. The maximum absolute atomic E-state index is 11.2. The molecule has 0 aromatic rings. The van der Waals surface area contributed by atoms with Gasteiger partial charge in [0.1, 0.15) is 0 Å². The Labute approximate surface area is 72.6 Å². The summed E-state index contributed by atoms with van der Waals surface area (Å²) < 4.78 is 0. The van der Waals surface area contributed by atoms with Crippen LogP contribution in [0.5, 0.6) is 0 Å². The third-order valence-electron chi connectivity index (χ3n) is 2.09. The highest BCUT2D eigenvalue weighted by Gasteiger charge is 2.33. The van der Waals surface area contributed by atoms with Crippen LogP contribution in [0, 0.1) is 0 Å². The minimum Gasteiger partial charge on any atom is -0.295 e. The zero-order valence-electron chi connectivity index (χ0n) is 7.58. The van der Waals surface area contributed by atoms with Crippen molar-refractivity contribution >= 4 is 18.2 Å². The molecule has 0 spiro atoms. The lowest BCUT2D eigenvalue weighted by Crippen LogP contribution is -2.30. The van der Waals surface area contributed by atoms with E-state index in [1.54, 1.807) is 19.4 Å². The van der Waals surface area contributed by atoms with Crippen molar-refractivity contribution in [1.82, 2.24) is 0 Å². The van der Waals surface area contributed by atoms with Crippen molar-refractivity contribution < 1.29 is 4.79 Å². The SMILES string of the molecule is CCCCC1(C(C)=O)N=CC=N1. The van der Waals surface area contributed by atoms with Crippen molar-refractivity contribution in [1.29, 1.82) is 0 Å². The van der Waals surface area contributed by atoms with Gasteiger partial charge in [-0.1, -0.05) is 13.3 Å².